The molecule has 2 unspecified atom stereocenters. The Hall–Kier alpha value is -0.820. The van der Waals surface area contributed by atoms with Crippen molar-refractivity contribution < 1.29 is 0 Å². The second-order valence-corrected chi connectivity index (χ2v) is 7.44. The van der Waals surface area contributed by atoms with E-state index >= 15 is 0 Å². The maximum Gasteiger partial charge on any atom is 0.00443 e. The van der Waals surface area contributed by atoms with Crippen LogP contribution in [0.15, 0.2) is 24.3 Å². The molecule has 2 rings (SSSR count). The lowest BCUT2D eigenvalue weighted by Gasteiger charge is -2.25. The Morgan fingerprint density at radius 2 is 1.83 bits per heavy atom. The van der Waals surface area contributed by atoms with E-state index in [0.717, 1.165) is 0 Å². The fourth-order valence-corrected chi connectivity index (χ4v) is 3.15. The first-order valence-corrected chi connectivity index (χ1v) is 7.14. The van der Waals surface area contributed by atoms with Crippen molar-refractivity contribution in [3.8, 4) is 0 Å². The van der Waals surface area contributed by atoms with Gasteiger partial charge in [-0.2, -0.15) is 0 Å². The van der Waals surface area contributed by atoms with Gasteiger partial charge >= 0.3 is 0 Å². The minimum absolute atomic E-state index is 0.248. The summed E-state index contributed by atoms with van der Waals surface area (Å²) in [6.07, 6.45) is 4.81. The summed E-state index contributed by atoms with van der Waals surface area (Å²) < 4.78 is 0. The highest BCUT2D eigenvalue weighted by molar-refractivity contribution is 5.28. The van der Waals surface area contributed by atoms with Gasteiger partial charge in [-0.15, -0.1) is 0 Å². The zero-order chi connectivity index (χ0) is 13.4. The molecule has 2 atom stereocenters. The first-order valence-electron chi connectivity index (χ1n) is 7.14. The monoisotopic (exact) mass is 245 g/mol. The molecular formula is C17H27N. The lowest BCUT2D eigenvalue weighted by molar-refractivity contribution is 0.329. The van der Waals surface area contributed by atoms with Gasteiger partial charge in [0, 0.05) is 6.04 Å². The molecule has 1 aromatic carbocycles. The molecule has 2 N–H and O–H groups in total. The summed E-state index contributed by atoms with van der Waals surface area (Å²) in [7, 11) is 0. The molecule has 1 saturated carbocycles. The zero-order valence-electron chi connectivity index (χ0n) is 12.3. The second kappa shape index (κ2) is 4.70. The highest BCUT2D eigenvalue weighted by Crippen LogP contribution is 2.40. The Morgan fingerprint density at radius 3 is 2.28 bits per heavy atom. The molecule has 0 aromatic heterocycles. The molecule has 0 spiro atoms. The minimum Gasteiger partial charge on any atom is -0.328 e. The molecule has 100 valence electrons. The van der Waals surface area contributed by atoms with Gasteiger partial charge in [0.25, 0.3) is 0 Å². The number of hydrogen-bond acceptors (Lipinski definition) is 1. The number of nitrogens with two attached hydrogens (primary N) is 1. The number of hydrogen-bond donors (Lipinski definition) is 1. The lowest BCUT2D eigenvalue weighted by Crippen LogP contribution is -2.21. The quantitative estimate of drug-likeness (QED) is 0.836. The predicted molar refractivity (Wildman–Crippen MR) is 78.8 cm³/mol. The summed E-state index contributed by atoms with van der Waals surface area (Å²) in [6.45, 7) is 9.18. The summed E-state index contributed by atoms with van der Waals surface area (Å²) in [4.78, 5) is 0. The maximum absolute atomic E-state index is 6.05. The van der Waals surface area contributed by atoms with Crippen molar-refractivity contribution in [1.82, 2.24) is 0 Å². The molecule has 18 heavy (non-hydrogen) atoms. The van der Waals surface area contributed by atoms with Crippen LogP contribution in [0, 0.1) is 5.41 Å². The van der Waals surface area contributed by atoms with Crippen molar-refractivity contribution in [3.63, 3.8) is 0 Å². The van der Waals surface area contributed by atoms with Crippen LogP contribution in [0.3, 0.4) is 0 Å². The van der Waals surface area contributed by atoms with Crippen LogP contribution in [0.1, 0.15) is 58.1 Å². The standard InChI is InChI=1S/C17H27N/c1-16(2,3)14-7-5-13(6-8-14)11-17(4)10-9-15(18)12-17/h5-8,15H,9-12,18H2,1-4H3. The van der Waals surface area contributed by atoms with Crippen LogP contribution in [0.4, 0.5) is 0 Å². The topological polar surface area (TPSA) is 26.0 Å². The molecule has 1 aliphatic carbocycles. The molecule has 0 amide bonds. The Kier molecular flexibility index (Phi) is 3.55. The van der Waals surface area contributed by atoms with Gasteiger partial charge in [-0.1, -0.05) is 52.0 Å². The van der Waals surface area contributed by atoms with Crippen LogP contribution in [-0.4, -0.2) is 6.04 Å². The van der Waals surface area contributed by atoms with Crippen LogP contribution < -0.4 is 5.73 Å². The molecule has 0 heterocycles. The van der Waals surface area contributed by atoms with Crippen LogP contribution in [0.25, 0.3) is 0 Å². The van der Waals surface area contributed by atoms with Crippen molar-refractivity contribution in [2.24, 2.45) is 11.1 Å². The van der Waals surface area contributed by atoms with Gasteiger partial charge in [-0.3, -0.25) is 0 Å². The first kappa shape index (κ1) is 13.6. The van der Waals surface area contributed by atoms with Crippen LogP contribution in [-0.2, 0) is 11.8 Å². The van der Waals surface area contributed by atoms with Crippen molar-refractivity contribution in [2.45, 2.75) is 64.8 Å². The number of rotatable bonds is 2. The minimum atomic E-state index is 0.248. The third kappa shape index (κ3) is 3.14. The lowest BCUT2D eigenvalue weighted by atomic mass is 9.80. The molecule has 0 saturated heterocycles. The van der Waals surface area contributed by atoms with E-state index in [4.69, 9.17) is 5.73 Å². The molecular weight excluding hydrogens is 218 g/mol. The highest BCUT2D eigenvalue weighted by Gasteiger charge is 2.33. The predicted octanol–water partition coefficient (Wildman–Crippen LogP) is 4.04. The summed E-state index contributed by atoms with van der Waals surface area (Å²) in [5.41, 5.74) is 9.59. The third-order valence-electron chi connectivity index (χ3n) is 4.32. The Labute approximate surface area is 112 Å². The van der Waals surface area contributed by atoms with Gasteiger partial charge in [0.15, 0.2) is 0 Å². The molecule has 1 nitrogen and oxygen atoms in total. The van der Waals surface area contributed by atoms with Crippen LogP contribution in [0.2, 0.25) is 0 Å². The fraction of sp³-hybridized carbons (Fsp3) is 0.647. The van der Waals surface area contributed by atoms with E-state index < -0.39 is 0 Å². The van der Waals surface area contributed by atoms with Gasteiger partial charge in [-0.05, 0) is 47.6 Å². The fourth-order valence-electron chi connectivity index (χ4n) is 3.15. The van der Waals surface area contributed by atoms with Crippen LogP contribution in [0.5, 0.6) is 0 Å². The summed E-state index contributed by atoms with van der Waals surface area (Å²) in [6, 6.07) is 9.59. The van der Waals surface area contributed by atoms with Gasteiger partial charge in [0.1, 0.15) is 0 Å². The van der Waals surface area contributed by atoms with Gasteiger partial charge < -0.3 is 5.73 Å². The van der Waals surface area contributed by atoms with Crippen LogP contribution >= 0.6 is 0 Å². The van der Waals surface area contributed by atoms with E-state index in [2.05, 4.69) is 52.0 Å². The molecule has 1 aliphatic rings. The Bertz CT molecular complexity index is 399. The smallest absolute Gasteiger partial charge is 0.00443 e. The summed E-state index contributed by atoms with van der Waals surface area (Å²) in [5, 5.41) is 0. The second-order valence-electron chi connectivity index (χ2n) is 7.44. The molecule has 0 aliphatic heterocycles. The Balaban J connectivity index is 2.07. The van der Waals surface area contributed by atoms with E-state index in [1.807, 2.05) is 0 Å². The van der Waals surface area contributed by atoms with Crippen molar-refractivity contribution in [3.05, 3.63) is 35.4 Å². The average Bonchev–Trinajstić information content (AvgIpc) is 2.58. The number of benzene rings is 1. The normalized spacial score (nSPS) is 28.6. The SMILES string of the molecule is CC1(Cc2ccc(C(C)(C)C)cc2)CCC(N)C1. The van der Waals surface area contributed by atoms with E-state index in [1.54, 1.807) is 0 Å². The average molecular weight is 245 g/mol. The Morgan fingerprint density at radius 1 is 1.22 bits per heavy atom. The van der Waals surface area contributed by atoms with Crippen molar-refractivity contribution >= 4 is 0 Å². The zero-order valence-corrected chi connectivity index (χ0v) is 12.3. The van der Waals surface area contributed by atoms with Crippen molar-refractivity contribution in [2.75, 3.05) is 0 Å². The maximum atomic E-state index is 6.05. The largest absolute Gasteiger partial charge is 0.328 e. The van der Waals surface area contributed by atoms with Gasteiger partial charge in [0.2, 0.25) is 0 Å². The van der Waals surface area contributed by atoms with Crippen molar-refractivity contribution in [1.29, 1.82) is 0 Å². The molecule has 0 radical (unpaired) electrons. The van der Waals surface area contributed by atoms with Gasteiger partial charge in [0.05, 0.1) is 0 Å². The van der Waals surface area contributed by atoms with E-state index in [-0.39, 0.29) is 5.41 Å². The third-order valence-corrected chi connectivity index (χ3v) is 4.32. The molecule has 1 fully saturated rings. The van der Waals surface area contributed by atoms with Gasteiger partial charge in [-0.25, -0.2) is 0 Å². The van der Waals surface area contributed by atoms with E-state index in [9.17, 15) is 0 Å². The molecule has 1 aromatic rings. The first-order chi connectivity index (χ1) is 8.28. The van der Waals surface area contributed by atoms with E-state index in [1.165, 1.54) is 36.8 Å². The summed E-state index contributed by atoms with van der Waals surface area (Å²) >= 11 is 0. The van der Waals surface area contributed by atoms with E-state index in [0.29, 0.717) is 11.5 Å². The molecule has 1 heteroatoms. The summed E-state index contributed by atoms with van der Waals surface area (Å²) in [5.74, 6) is 0. The molecule has 0 bridgehead atoms. The highest BCUT2D eigenvalue weighted by atomic mass is 14.7.